The maximum absolute atomic E-state index is 12.5. The van der Waals surface area contributed by atoms with Gasteiger partial charge in [-0.3, -0.25) is 9.69 Å². The lowest BCUT2D eigenvalue weighted by atomic mass is 10.1. The zero-order valence-corrected chi connectivity index (χ0v) is 15.6. The van der Waals surface area contributed by atoms with Crippen molar-refractivity contribution in [2.24, 2.45) is 0 Å². The Morgan fingerprint density at radius 1 is 1.26 bits per heavy atom. The second-order valence-corrected chi connectivity index (χ2v) is 6.77. The van der Waals surface area contributed by atoms with Crippen LogP contribution in [0.2, 0.25) is 0 Å². The van der Waals surface area contributed by atoms with E-state index in [-0.39, 0.29) is 11.9 Å². The molecule has 2 atom stereocenters. The molecule has 2 aromatic rings. The van der Waals surface area contributed by atoms with Gasteiger partial charge in [-0.05, 0) is 69.3 Å². The van der Waals surface area contributed by atoms with Crippen molar-refractivity contribution in [3.8, 4) is 11.8 Å². The molecule has 142 valence electrons. The molecular weight excluding hydrogens is 342 g/mol. The van der Waals surface area contributed by atoms with Gasteiger partial charge in [-0.25, -0.2) is 0 Å². The summed E-state index contributed by atoms with van der Waals surface area (Å²) < 4.78 is 11.3. The molecule has 1 aromatic heterocycles. The van der Waals surface area contributed by atoms with Gasteiger partial charge in [0.15, 0.2) is 6.10 Å². The Morgan fingerprint density at radius 2 is 2.00 bits per heavy atom. The molecule has 1 fully saturated rings. The summed E-state index contributed by atoms with van der Waals surface area (Å²) in [6.07, 6.45) is 4.64. The Morgan fingerprint density at radius 3 is 2.63 bits per heavy atom. The smallest absolute Gasteiger partial charge is 0.260 e. The van der Waals surface area contributed by atoms with E-state index in [0.29, 0.717) is 17.9 Å². The van der Waals surface area contributed by atoms with E-state index in [4.69, 9.17) is 14.4 Å². The normalized spacial score (nSPS) is 16.9. The fraction of sp³-hybridized carbons (Fsp3) is 0.429. The van der Waals surface area contributed by atoms with Crippen LogP contribution >= 0.6 is 0 Å². The molecule has 0 aliphatic carbocycles. The van der Waals surface area contributed by atoms with Gasteiger partial charge in [0.05, 0.1) is 23.9 Å². The standard InChI is InChI=1S/C21H25N3O3/c1-16(27-18-9-7-17(14-22)8-10-18)21(25)23-15-19(20-6-5-13-26-20)24-11-3-2-4-12-24/h5-10,13,16,19H,2-4,11-12,15H2,1H3,(H,23,25). The highest BCUT2D eigenvalue weighted by atomic mass is 16.5. The van der Waals surface area contributed by atoms with Crippen molar-refractivity contribution in [3.63, 3.8) is 0 Å². The van der Waals surface area contributed by atoms with Crippen LogP contribution in [0.5, 0.6) is 5.75 Å². The molecule has 6 nitrogen and oxygen atoms in total. The fourth-order valence-electron chi connectivity index (χ4n) is 3.33. The fourth-order valence-corrected chi connectivity index (χ4v) is 3.33. The zero-order valence-electron chi connectivity index (χ0n) is 15.6. The molecule has 1 N–H and O–H groups in total. The quantitative estimate of drug-likeness (QED) is 0.813. The third-order valence-corrected chi connectivity index (χ3v) is 4.84. The number of rotatable bonds is 7. The van der Waals surface area contributed by atoms with Crippen molar-refractivity contribution in [2.45, 2.75) is 38.3 Å². The van der Waals surface area contributed by atoms with Crippen LogP contribution in [0.25, 0.3) is 0 Å². The Balaban J connectivity index is 1.57. The number of carbonyl (C=O) groups excluding carboxylic acids is 1. The predicted octanol–water partition coefficient (Wildman–Crippen LogP) is 3.26. The number of ether oxygens (including phenoxy) is 1. The monoisotopic (exact) mass is 367 g/mol. The SMILES string of the molecule is CC(Oc1ccc(C#N)cc1)C(=O)NCC(c1ccco1)N1CCCCC1. The second-order valence-electron chi connectivity index (χ2n) is 6.77. The van der Waals surface area contributed by atoms with Gasteiger partial charge in [-0.1, -0.05) is 6.42 Å². The topological polar surface area (TPSA) is 78.5 Å². The van der Waals surface area contributed by atoms with Crippen molar-refractivity contribution in [1.29, 1.82) is 5.26 Å². The van der Waals surface area contributed by atoms with Gasteiger partial charge in [-0.2, -0.15) is 5.26 Å². The Kier molecular flexibility index (Phi) is 6.50. The second kappa shape index (κ2) is 9.24. The summed E-state index contributed by atoms with van der Waals surface area (Å²) in [6, 6.07) is 12.7. The molecule has 2 heterocycles. The average Bonchev–Trinajstić information content (AvgIpc) is 3.24. The van der Waals surface area contributed by atoms with Crippen LogP contribution in [0, 0.1) is 11.3 Å². The summed E-state index contributed by atoms with van der Waals surface area (Å²) in [5, 5.41) is 11.8. The number of benzene rings is 1. The summed E-state index contributed by atoms with van der Waals surface area (Å²) in [4.78, 5) is 14.9. The van der Waals surface area contributed by atoms with Gasteiger partial charge in [0.25, 0.3) is 5.91 Å². The number of amides is 1. The molecule has 1 saturated heterocycles. The predicted molar refractivity (Wildman–Crippen MR) is 101 cm³/mol. The summed E-state index contributed by atoms with van der Waals surface area (Å²) in [5.74, 6) is 1.26. The van der Waals surface area contributed by atoms with Gasteiger partial charge in [0, 0.05) is 6.54 Å². The Bertz CT molecular complexity index is 759. The highest BCUT2D eigenvalue weighted by molar-refractivity contribution is 5.80. The third-order valence-electron chi connectivity index (χ3n) is 4.84. The van der Waals surface area contributed by atoms with E-state index < -0.39 is 6.10 Å². The summed E-state index contributed by atoms with van der Waals surface area (Å²) in [6.45, 7) is 4.22. The van der Waals surface area contributed by atoms with E-state index >= 15 is 0 Å². The van der Waals surface area contributed by atoms with Gasteiger partial charge >= 0.3 is 0 Å². The highest BCUT2D eigenvalue weighted by Crippen LogP contribution is 2.24. The molecule has 6 heteroatoms. The molecule has 0 radical (unpaired) electrons. The molecular formula is C21H25N3O3. The number of hydrogen-bond donors (Lipinski definition) is 1. The zero-order chi connectivity index (χ0) is 19.1. The summed E-state index contributed by atoms with van der Waals surface area (Å²) in [5.41, 5.74) is 0.558. The largest absolute Gasteiger partial charge is 0.481 e. The number of piperidine rings is 1. The van der Waals surface area contributed by atoms with Crippen LogP contribution in [0.3, 0.4) is 0 Å². The van der Waals surface area contributed by atoms with E-state index in [9.17, 15) is 4.79 Å². The molecule has 27 heavy (non-hydrogen) atoms. The maximum atomic E-state index is 12.5. The first kappa shape index (κ1) is 19.0. The van der Waals surface area contributed by atoms with Crippen LogP contribution in [0.1, 0.15) is 43.6 Å². The summed E-state index contributed by atoms with van der Waals surface area (Å²) in [7, 11) is 0. The van der Waals surface area contributed by atoms with Crippen molar-refractivity contribution in [1.82, 2.24) is 10.2 Å². The highest BCUT2D eigenvalue weighted by Gasteiger charge is 2.26. The van der Waals surface area contributed by atoms with Gasteiger partial charge in [0.2, 0.25) is 0 Å². The molecule has 1 aromatic carbocycles. The molecule has 1 aliphatic rings. The minimum Gasteiger partial charge on any atom is -0.481 e. The van der Waals surface area contributed by atoms with Crippen molar-refractivity contribution >= 4 is 5.91 Å². The molecule has 1 amide bonds. The van der Waals surface area contributed by atoms with Crippen LogP contribution in [-0.4, -0.2) is 36.5 Å². The first-order valence-corrected chi connectivity index (χ1v) is 9.39. The lowest BCUT2D eigenvalue weighted by Crippen LogP contribution is -2.43. The number of nitrogens with zero attached hydrogens (tertiary/aromatic N) is 2. The lowest BCUT2D eigenvalue weighted by molar-refractivity contribution is -0.127. The van der Waals surface area contributed by atoms with Crippen molar-refractivity contribution < 1.29 is 13.9 Å². The van der Waals surface area contributed by atoms with E-state index in [2.05, 4.69) is 16.3 Å². The van der Waals surface area contributed by atoms with Crippen LogP contribution in [0.4, 0.5) is 0 Å². The minimum absolute atomic E-state index is 0.0337. The number of nitriles is 1. The number of hydrogen-bond acceptors (Lipinski definition) is 5. The molecule has 2 unspecified atom stereocenters. The minimum atomic E-state index is -0.628. The first-order valence-electron chi connectivity index (χ1n) is 9.39. The number of furan rings is 1. The van der Waals surface area contributed by atoms with E-state index in [1.54, 1.807) is 37.5 Å². The summed E-state index contributed by atoms with van der Waals surface area (Å²) >= 11 is 0. The van der Waals surface area contributed by atoms with E-state index in [1.807, 2.05) is 12.1 Å². The van der Waals surface area contributed by atoms with Crippen LogP contribution < -0.4 is 10.1 Å². The van der Waals surface area contributed by atoms with Crippen LogP contribution in [0.15, 0.2) is 47.1 Å². The molecule has 0 spiro atoms. The first-order chi connectivity index (χ1) is 13.2. The van der Waals surface area contributed by atoms with Crippen molar-refractivity contribution in [3.05, 3.63) is 54.0 Å². The Labute approximate surface area is 159 Å². The average molecular weight is 367 g/mol. The molecule has 1 aliphatic heterocycles. The maximum Gasteiger partial charge on any atom is 0.260 e. The third kappa shape index (κ3) is 5.11. The number of carbonyl (C=O) groups is 1. The van der Waals surface area contributed by atoms with Gasteiger partial charge in [-0.15, -0.1) is 0 Å². The Hall–Kier alpha value is -2.78. The number of nitrogens with one attached hydrogen (secondary N) is 1. The molecule has 0 bridgehead atoms. The number of likely N-dealkylation sites (tertiary alicyclic amines) is 1. The lowest BCUT2D eigenvalue weighted by Gasteiger charge is -2.33. The van der Waals surface area contributed by atoms with E-state index in [1.165, 1.54) is 19.3 Å². The molecule has 0 saturated carbocycles. The van der Waals surface area contributed by atoms with Crippen molar-refractivity contribution in [2.75, 3.05) is 19.6 Å². The molecule has 3 rings (SSSR count). The van der Waals surface area contributed by atoms with E-state index in [0.717, 1.165) is 18.8 Å². The van der Waals surface area contributed by atoms with Gasteiger partial charge < -0.3 is 14.5 Å². The van der Waals surface area contributed by atoms with Gasteiger partial charge in [0.1, 0.15) is 11.5 Å². The van der Waals surface area contributed by atoms with Crippen LogP contribution in [-0.2, 0) is 4.79 Å².